The third-order valence-corrected chi connectivity index (χ3v) is 4.07. The number of nitrogens with zero attached hydrogens (tertiary/aromatic N) is 4. The van der Waals surface area contributed by atoms with Crippen LogP contribution >= 0.6 is 0 Å². The first-order valence-electron chi connectivity index (χ1n) is 8.25. The van der Waals surface area contributed by atoms with Gasteiger partial charge in [0.25, 0.3) is 0 Å². The first-order chi connectivity index (χ1) is 12.0. The highest BCUT2D eigenvalue weighted by Gasteiger charge is 2.24. The Balaban J connectivity index is 1.82. The summed E-state index contributed by atoms with van der Waals surface area (Å²) in [5, 5.41) is 4.38. The quantitative estimate of drug-likeness (QED) is 0.803. The van der Waals surface area contributed by atoms with Crippen molar-refractivity contribution in [3.8, 4) is 0 Å². The molecular weight excluding hydrogens is 322 g/mol. The van der Waals surface area contributed by atoms with Crippen molar-refractivity contribution in [1.82, 2.24) is 19.7 Å². The number of aromatic nitrogens is 3. The lowest BCUT2D eigenvalue weighted by Crippen LogP contribution is -2.26. The first kappa shape index (κ1) is 16.9. The van der Waals surface area contributed by atoms with E-state index in [0.29, 0.717) is 31.3 Å². The molecule has 0 aliphatic carbocycles. The zero-order valence-corrected chi connectivity index (χ0v) is 14.1. The van der Waals surface area contributed by atoms with Crippen LogP contribution in [0, 0.1) is 0 Å². The van der Waals surface area contributed by atoms with Crippen molar-refractivity contribution >= 4 is 12.0 Å². The Morgan fingerprint density at radius 1 is 1.24 bits per heavy atom. The van der Waals surface area contributed by atoms with Crippen molar-refractivity contribution in [2.45, 2.75) is 32.9 Å². The van der Waals surface area contributed by atoms with Crippen LogP contribution < -0.4 is 5.73 Å². The number of carbonyl (C=O) groups excluding carboxylic acids is 2. The van der Waals surface area contributed by atoms with E-state index in [-0.39, 0.29) is 19.1 Å². The summed E-state index contributed by atoms with van der Waals surface area (Å²) in [6.07, 6.45) is 0.590. The highest BCUT2D eigenvalue weighted by molar-refractivity contribution is 5.75. The zero-order chi connectivity index (χ0) is 17.8. The van der Waals surface area contributed by atoms with Crippen LogP contribution in [0.5, 0.6) is 0 Å². The number of cyclic esters (lactones) is 1. The molecule has 3 rings (SSSR count). The van der Waals surface area contributed by atoms with E-state index >= 15 is 0 Å². The lowest BCUT2D eigenvalue weighted by Gasteiger charge is -2.13. The number of hydrogen-bond donors (Lipinski definition) is 1. The van der Waals surface area contributed by atoms with Gasteiger partial charge in [0.05, 0.1) is 26.1 Å². The van der Waals surface area contributed by atoms with E-state index in [0.717, 1.165) is 12.0 Å². The van der Waals surface area contributed by atoms with Gasteiger partial charge in [-0.3, -0.25) is 9.69 Å². The molecule has 2 amide bonds. The van der Waals surface area contributed by atoms with Crippen molar-refractivity contribution in [3.05, 3.63) is 47.0 Å². The molecule has 25 heavy (non-hydrogen) atoms. The summed E-state index contributed by atoms with van der Waals surface area (Å²) in [5.41, 5.74) is 7.57. The predicted octanol–water partition coefficient (Wildman–Crippen LogP) is 0.869. The lowest BCUT2D eigenvalue weighted by atomic mass is 10.1. The lowest BCUT2D eigenvalue weighted by molar-refractivity contribution is -0.117. The van der Waals surface area contributed by atoms with Crippen molar-refractivity contribution in [3.63, 3.8) is 0 Å². The maximum Gasteiger partial charge on any atom is 0.410 e. The Bertz CT molecular complexity index is 769. The number of carbonyl (C=O) groups is 2. The van der Waals surface area contributed by atoms with Crippen molar-refractivity contribution in [2.75, 3.05) is 13.2 Å². The largest absolute Gasteiger partial charge is 0.448 e. The van der Waals surface area contributed by atoms with Crippen LogP contribution in [-0.4, -0.2) is 44.8 Å². The van der Waals surface area contributed by atoms with Crippen LogP contribution in [0.4, 0.5) is 4.79 Å². The molecule has 2 heterocycles. The summed E-state index contributed by atoms with van der Waals surface area (Å²) >= 11 is 0. The molecule has 1 aromatic heterocycles. The van der Waals surface area contributed by atoms with Crippen LogP contribution in [0.25, 0.3) is 0 Å². The SMILES string of the molecule is CCc1ccc(Cn2nc(CC(N)=O)nc2CN2CCOC2=O)cc1. The Labute approximate surface area is 145 Å². The topological polar surface area (TPSA) is 103 Å². The van der Waals surface area contributed by atoms with Gasteiger partial charge in [-0.05, 0) is 17.5 Å². The molecule has 1 aliphatic heterocycles. The van der Waals surface area contributed by atoms with Gasteiger partial charge in [0.2, 0.25) is 5.91 Å². The molecule has 1 fully saturated rings. The minimum absolute atomic E-state index is 0.0286. The molecule has 0 unspecified atom stereocenters. The highest BCUT2D eigenvalue weighted by Crippen LogP contribution is 2.13. The van der Waals surface area contributed by atoms with Crippen LogP contribution in [0.15, 0.2) is 24.3 Å². The molecule has 8 heteroatoms. The van der Waals surface area contributed by atoms with E-state index in [2.05, 4.69) is 29.1 Å². The van der Waals surface area contributed by atoms with Crippen molar-refractivity contribution < 1.29 is 14.3 Å². The molecule has 1 aliphatic rings. The third-order valence-electron chi connectivity index (χ3n) is 4.07. The fourth-order valence-corrected chi connectivity index (χ4v) is 2.69. The normalized spacial score (nSPS) is 14.0. The summed E-state index contributed by atoms with van der Waals surface area (Å²) in [7, 11) is 0. The fraction of sp³-hybridized carbons (Fsp3) is 0.412. The summed E-state index contributed by atoms with van der Waals surface area (Å²) in [6.45, 7) is 3.79. The average molecular weight is 343 g/mol. The zero-order valence-electron chi connectivity index (χ0n) is 14.1. The number of amides is 2. The van der Waals surface area contributed by atoms with Gasteiger partial charge in [0.1, 0.15) is 12.4 Å². The molecule has 0 atom stereocenters. The number of hydrogen-bond acceptors (Lipinski definition) is 5. The van der Waals surface area contributed by atoms with Gasteiger partial charge in [-0.15, -0.1) is 0 Å². The molecule has 132 valence electrons. The second kappa shape index (κ2) is 7.33. The molecule has 0 radical (unpaired) electrons. The van der Waals surface area contributed by atoms with Gasteiger partial charge < -0.3 is 10.5 Å². The number of aryl methyl sites for hydroxylation is 1. The second-order valence-electron chi connectivity index (χ2n) is 5.95. The van der Waals surface area contributed by atoms with Gasteiger partial charge in [0.15, 0.2) is 5.82 Å². The highest BCUT2D eigenvalue weighted by atomic mass is 16.6. The molecule has 2 aromatic rings. The van der Waals surface area contributed by atoms with Gasteiger partial charge >= 0.3 is 6.09 Å². The molecule has 2 N–H and O–H groups in total. The van der Waals surface area contributed by atoms with Crippen molar-refractivity contribution in [2.24, 2.45) is 5.73 Å². The molecule has 0 saturated carbocycles. The molecule has 1 saturated heterocycles. The number of nitrogens with two attached hydrogens (primary N) is 1. The van der Waals surface area contributed by atoms with E-state index in [1.165, 1.54) is 5.56 Å². The second-order valence-corrected chi connectivity index (χ2v) is 5.95. The van der Waals surface area contributed by atoms with E-state index in [1.807, 2.05) is 12.1 Å². The fourth-order valence-electron chi connectivity index (χ4n) is 2.69. The van der Waals surface area contributed by atoms with Crippen LogP contribution in [-0.2, 0) is 35.5 Å². The minimum Gasteiger partial charge on any atom is -0.448 e. The van der Waals surface area contributed by atoms with E-state index in [9.17, 15) is 9.59 Å². The van der Waals surface area contributed by atoms with Crippen LogP contribution in [0.2, 0.25) is 0 Å². The summed E-state index contributed by atoms with van der Waals surface area (Å²) in [6, 6.07) is 8.24. The molecule has 8 nitrogen and oxygen atoms in total. The van der Waals surface area contributed by atoms with Crippen LogP contribution in [0.1, 0.15) is 29.7 Å². The summed E-state index contributed by atoms with van der Waals surface area (Å²) in [5.74, 6) is 0.478. The Hall–Kier alpha value is -2.90. The number of primary amides is 1. The standard InChI is InChI=1S/C17H21N5O3/c1-2-12-3-5-13(6-4-12)10-22-16(11-21-7-8-25-17(21)24)19-15(20-22)9-14(18)23/h3-6H,2,7-11H2,1H3,(H2,18,23). The summed E-state index contributed by atoms with van der Waals surface area (Å²) < 4.78 is 6.66. The number of rotatable bonds is 7. The van der Waals surface area contributed by atoms with Gasteiger partial charge in [-0.2, -0.15) is 5.10 Å². The third kappa shape index (κ3) is 4.14. The maximum atomic E-state index is 11.7. The molecule has 0 bridgehead atoms. The van der Waals surface area contributed by atoms with Gasteiger partial charge in [-0.1, -0.05) is 31.2 Å². The monoisotopic (exact) mass is 343 g/mol. The number of benzene rings is 1. The molecular formula is C17H21N5O3. The predicted molar refractivity (Wildman–Crippen MR) is 89.6 cm³/mol. The Morgan fingerprint density at radius 3 is 2.56 bits per heavy atom. The van der Waals surface area contributed by atoms with E-state index in [4.69, 9.17) is 10.5 Å². The van der Waals surface area contributed by atoms with Crippen LogP contribution in [0.3, 0.4) is 0 Å². The minimum atomic E-state index is -0.489. The summed E-state index contributed by atoms with van der Waals surface area (Å²) in [4.78, 5) is 28.8. The molecule has 0 spiro atoms. The Kier molecular flexibility index (Phi) is 4.97. The van der Waals surface area contributed by atoms with E-state index in [1.54, 1.807) is 9.58 Å². The van der Waals surface area contributed by atoms with Gasteiger partial charge in [-0.25, -0.2) is 14.5 Å². The molecule has 1 aromatic carbocycles. The first-order valence-corrected chi connectivity index (χ1v) is 8.25. The average Bonchev–Trinajstić information content (AvgIpc) is 3.14. The number of ether oxygens (including phenoxy) is 1. The van der Waals surface area contributed by atoms with Crippen molar-refractivity contribution in [1.29, 1.82) is 0 Å². The smallest absolute Gasteiger partial charge is 0.410 e. The van der Waals surface area contributed by atoms with E-state index < -0.39 is 5.91 Å². The maximum absolute atomic E-state index is 11.7. The Morgan fingerprint density at radius 2 is 1.96 bits per heavy atom. The van der Waals surface area contributed by atoms with Gasteiger partial charge in [0, 0.05) is 0 Å².